The van der Waals surface area contributed by atoms with Gasteiger partial charge in [0.25, 0.3) is 0 Å². The van der Waals surface area contributed by atoms with Crippen LogP contribution in [0.2, 0.25) is 5.02 Å². The first kappa shape index (κ1) is 14.4. The molecule has 1 heterocycles. The summed E-state index contributed by atoms with van der Waals surface area (Å²) in [5.41, 5.74) is 1.03. The van der Waals surface area contributed by atoms with Crippen LogP contribution in [0.1, 0.15) is 25.3 Å². The summed E-state index contributed by atoms with van der Waals surface area (Å²) < 4.78 is 11.2. The molecule has 0 spiro atoms. The van der Waals surface area contributed by atoms with Crippen LogP contribution < -0.4 is 14.8 Å². The Labute approximate surface area is 118 Å². The molecular formula is C14H20ClNO3. The Morgan fingerprint density at radius 1 is 1.37 bits per heavy atom. The number of aliphatic hydroxyl groups is 1. The van der Waals surface area contributed by atoms with Crippen LogP contribution in [0.25, 0.3) is 0 Å². The smallest absolute Gasteiger partial charge is 0.179 e. The third-order valence-electron chi connectivity index (χ3n) is 3.04. The molecule has 2 N–H and O–H groups in total. The Morgan fingerprint density at radius 3 is 2.95 bits per heavy atom. The average Bonchev–Trinajstić information content (AvgIpc) is 2.64. The number of fused-ring (bicyclic) bond motifs is 1. The van der Waals surface area contributed by atoms with Gasteiger partial charge in [-0.25, -0.2) is 0 Å². The molecule has 0 radical (unpaired) electrons. The van der Waals surface area contributed by atoms with Crippen molar-refractivity contribution in [2.45, 2.75) is 32.4 Å². The lowest BCUT2D eigenvalue weighted by molar-refractivity contribution is 0.167. The van der Waals surface area contributed by atoms with Crippen molar-refractivity contribution in [2.24, 2.45) is 0 Å². The van der Waals surface area contributed by atoms with Crippen molar-refractivity contribution in [3.8, 4) is 11.5 Å². The lowest BCUT2D eigenvalue weighted by Crippen LogP contribution is -2.25. The lowest BCUT2D eigenvalue weighted by Gasteiger charge is -2.13. The van der Waals surface area contributed by atoms with Crippen LogP contribution in [0, 0.1) is 0 Å². The molecule has 1 aromatic carbocycles. The number of nitrogens with one attached hydrogen (secondary N) is 1. The predicted molar refractivity (Wildman–Crippen MR) is 75.1 cm³/mol. The van der Waals surface area contributed by atoms with Gasteiger partial charge in [0.15, 0.2) is 11.5 Å². The van der Waals surface area contributed by atoms with Crippen molar-refractivity contribution in [1.82, 2.24) is 5.32 Å². The Morgan fingerprint density at radius 2 is 2.16 bits per heavy atom. The van der Waals surface area contributed by atoms with E-state index in [0.717, 1.165) is 18.4 Å². The van der Waals surface area contributed by atoms with Gasteiger partial charge in [-0.05, 0) is 24.1 Å². The highest BCUT2D eigenvalue weighted by Crippen LogP contribution is 2.37. The van der Waals surface area contributed by atoms with Gasteiger partial charge in [-0.15, -0.1) is 0 Å². The van der Waals surface area contributed by atoms with Crippen molar-refractivity contribution in [3.63, 3.8) is 0 Å². The van der Waals surface area contributed by atoms with Crippen LogP contribution in [0.5, 0.6) is 11.5 Å². The monoisotopic (exact) mass is 285 g/mol. The molecule has 4 nitrogen and oxygen atoms in total. The molecule has 1 aromatic rings. The van der Waals surface area contributed by atoms with Gasteiger partial charge in [-0.1, -0.05) is 18.5 Å². The first-order valence-electron chi connectivity index (χ1n) is 6.67. The van der Waals surface area contributed by atoms with E-state index in [2.05, 4.69) is 5.32 Å². The maximum atomic E-state index is 9.49. The SMILES string of the molecule is CCC(O)CNCc1cc(Cl)c2c(c1)OCCCO2. The Balaban J connectivity index is 2.02. The maximum absolute atomic E-state index is 9.49. The van der Waals surface area contributed by atoms with Gasteiger partial charge in [0.2, 0.25) is 0 Å². The van der Waals surface area contributed by atoms with Gasteiger partial charge in [0, 0.05) is 19.5 Å². The van der Waals surface area contributed by atoms with E-state index in [-0.39, 0.29) is 6.10 Å². The number of halogens is 1. The number of ether oxygens (including phenoxy) is 2. The summed E-state index contributed by atoms with van der Waals surface area (Å²) >= 11 is 6.21. The molecule has 1 atom stereocenters. The van der Waals surface area contributed by atoms with Gasteiger partial charge >= 0.3 is 0 Å². The molecule has 0 saturated carbocycles. The molecule has 0 fully saturated rings. The molecule has 5 heteroatoms. The van der Waals surface area contributed by atoms with Crippen molar-refractivity contribution in [3.05, 3.63) is 22.7 Å². The molecule has 1 aliphatic heterocycles. The van der Waals surface area contributed by atoms with Crippen molar-refractivity contribution in [2.75, 3.05) is 19.8 Å². The van der Waals surface area contributed by atoms with Gasteiger partial charge in [-0.3, -0.25) is 0 Å². The average molecular weight is 286 g/mol. The number of rotatable bonds is 5. The molecule has 106 valence electrons. The summed E-state index contributed by atoms with van der Waals surface area (Å²) in [5.74, 6) is 1.34. The van der Waals surface area contributed by atoms with Crippen LogP contribution in [-0.4, -0.2) is 31.0 Å². The second-order valence-corrected chi connectivity index (χ2v) is 5.06. The second kappa shape index (κ2) is 6.98. The van der Waals surface area contributed by atoms with E-state index in [1.807, 2.05) is 19.1 Å². The highest BCUT2D eigenvalue weighted by atomic mass is 35.5. The van der Waals surface area contributed by atoms with Crippen molar-refractivity contribution >= 4 is 11.6 Å². The highest BCUT2D eigenvalue weighted by molar-refractivity contribution is 6.32. The summed E-state index contributed by atoms with van der Waals surface area (Å²) in [6, 6.07) is 3.82. The number of hydrogen-bond acceptors (Lipinski definition) is 4. The van der Waals surface area contributed by atoms with Crippen LogP contribution in [0.15, 0.2) is 12.1 Å². The fourth-order valence-corrected chi connectivity index (χ4v) is 2.20. The van der Waals surface area contributed by atoms with Crippen LogP contribution >= 0.6 is 11.6 Å². The summed E-state index contributed by atoms with van der Waals surface area (Å²) in [4.78, 5) is 0. The third-order valence-corrected chi connectivity index (χ3v) is 3.32. The molecule has 0 saturated heterocycles. The molecule has 2 rings (SSSR count). The maximum Gasteiger partial charge on any atom is 0.179 e. The molecule has 1 aliphatic rings. The van der Waals surface area contributed by atoms with Gasteiger partial charge in [-0.2, -0.15) is 0 Å². The molecule has 19 heavy (non-hydrogen) atoms. The summed E-state index contributed by atoms with van der Waals surface area (Å²) in [5, 5.41) is 13.3. The summed E-state index contributed by atoms with van der Waals surface area (Å²) in [7, 11) is 0. The first-order valence-corrected chi connectivity index (χ1v) is 7.05. The zero-order chi connectivity index (χ0) is 13.7. The topological polar surface area (TPSA) is 50.7 Å². The van der Waals surface area contributed by atoms with E-state index in [4.69, 9.17) is 21.1 Å². The normalized spacial score (nSPS) is 15.9. The van der Waals surface area contributed by atoms with Crippen LogP contribution in [0.4, 0.5) is 0 Å². The van der Waals surface area contributed by atoms with E-state index in [9.17, 15) is 5.11 Å². The van der Waals surface area contributed by atoms with Crippen molar-refractivity contribution in [1.29, 1.82) is 0 Å². The molecule has 1 unspecified atom stereocenters. The number of aliphatic hydroxyl groups excluding tert-OH is 1. The zero-order valence-electron chi connectivity index (χ0n) is 11.1. The third kappa shape index (κ3) is 4.00. The van der Waals surface area contributed by atoms with E-state index >= 15 is 0 Å². The standard InChI is InChI=1S/C14H20ClNO3/c1-2-11(17)9-16-8-10-6-12(15)14-13(7-10)18-4-3-5-19-14/h6-7,11,16-17H,2-5,8-9H2,1H3. The Hall–Kier alpha value is -0.970. The quantitative estimate of drug-likeness (QED) is 0.872. The largest absolute Gasteiger partial charge is 0.489 e. The fraction of sp³-hybridized carbons (Fsp3) is 0.571. The fourth-order valence-electron chi connectivity index (χ4n) is 1.91. The van der Waals surface area contributed by atoms with E-state index in [1.54, 1.807) is 0 Å². The highest BCUT2D eigenvalue weighted by Gasteiger charge is 2.15. The molecule has 0 aromatic heterocycles. The first-order chi connectivity index (χ1) is 9.20. The van der Waals surface area contributed by atoms with E-state index < -0.39 is 0 Å². The van der Waals surface area contributed by atoms with Crippen LogP contribution in [-0.2, 0) is 6.54 Å². The van der Waals surface area contributed by atoms with Crippen LogP contribution in [0.3, 0.4) is 0 Å². The van der Waals surface area contributed by atoms with E-state index in [0.29, 0.717) is 42.8 Å². The number of hydrogen-bond donors (Lipinski definition) is 2. The van der Waals surface area contributed by atoms with Gasteiger partial charge in [0.05, 0.1) is 24.3 Å². The van der Waals surface area contributed by atoms with Gasteiger partial charge < -0.3 is 19.9 Å². The predicted octanol–water partition coefficient (Wildman–Crippen LogP) is 2.36. The molecule has 0 amide bonds. The Bertz CT molecular complexity index is 425. The molecule has 0 bridgehead atoms. The summed E-state index contributed by atoms with van der Waals surface area (Å²) in [6.07, 6.45) is 1.30. The van der Waals surface area contributed by atoms with E-state index in [1.165, 1.54) is 0 Å². The Kier molecular flexibility index (Phi) is 5.31. The second-order valence-electron chi connectivity index (χ2n) is 4.65. The molecule has 0 aliphatic carbocycles. The lowest BCUT2D eigenvalue weighted by atomic mass is 10.2. The van der Waals surface area contributed by atoms with Crippen molar-refractivity contribution < 1.29 is 14.6 Å². The minimum atomic E-state index is -0.309. The van der Waals surface area contributed by atoms with Gasteiger partial charge in [0.1, 0.15) is 0 Å². The minimum Gasteiger partial charge on any atom is -0.489 e. The molecular weight excluding hydrogens is 266 g/mol. The summed E-state index contributed by atoms with van der Waals surface area (Å²) in [6.45, 7) is 4.45. The minimum absolute atomic E-state index is 0.309. The zero-order valence-corrected chi connectivity index (χ0v) is 11.9. The number of benzene rings is 1.